The van der Waals surface area contributed by atoms with Gasteiger partial charge in [0.25, 0.3) is 5.91 Å². The summed E-state index contributed by atoms with van der Waals surface area (Å²) in [5.74, 6) is 0.467. The maximum absolute atomic E-state index is 12.5. The number of hydrogen-bond donors (Lipinski definition) is 0. The molecule has 0 aliphatic carbocycles. The number of carbonyl (C=O) groups excluding carboxylic acids is 1. The molecule has 0 aromatic carbocycles. The van der Waals surface area contributed by atoms with Gasteiger partial charge in [-0.05, 0) is 12.5 Å². The lowest BCUT2D eigenvalue weighted by atomic mass is 10.2. The van der Waals surface area contributed by atoms with Crippen LogP contribution in [0.25, 0.3) is 0 Å². The van der Waals surface area contributed by atoms with Crippen molar-refractivity contribution in [2.45, 2.75) is 19.1 Å². The van der Waals surface area contributed by atoms with E-state index in [-0.39, 0.29) is 11.9 Å². The summed E-state index contributed by atoms with van der Waals surface area (Å²) < 4.78 is 11.9. The number of hydrogen-bond acceptors (Lipinski definition) is 6. The zero-order chi connectivity index (χ0) is 16.2. The Kier molecular flexibility index (Phi) is 4.52. The summed E-state index contributed by atoms with van der Waals surface area (Å²) in [6.45, 7) is 1.74. The van der Waals surface area contributed by atoms with Gasteiger partial charge in [-0.15, -0.1) is 5.10 Å². The third-order valence-electron chi connectivity index (χ3n) is 3.87. The molecule has 122 valence electrons. The highest BCUT2D eigenvalue weighted by Gasteiger charge is 2.29. The minimum Gasteiger partial charge on any atom is -0.481 e. The van der Waals surface area contributed by atoms with Gasteiger partial charge in [0.2, 0.25) is 5.88 Å². The summed E-state index contributed by atoms with van der Waals surface area (Å²) >= 11 is 0. The predicted molar refractivity (Wildman–Crippen MR) is 81.1 cm³/mol. The molecule has 1 saturated heterocycles. The van der Waals surface area contributed by atoms with Gasteiger partial charge in [0.1, 0.15) is 5.69 Å². The van der Waals surface area contributed by atoms with Crippen molar-refractivity contribution in [1.82, 2.24) is 24.9 Å². The number of aromatic nitrogens is 4. The van der Waals surface area contributed by atoms with Gasteiger partial charge in [-0.25, -0.2) is 9.67 Å². The van der Waals surface area contributed by atoms with Crippen LogP contribution in [0.4, 0.5) is 0 Å². The summed E-state index contributed by atoms with van der Waals surface area (Å²) in [4.78, 5) is 18.4. The first-order valence-corrected chi connectivity index (χ1v) is 7.40. The molecule has 1 unspecified atom stereocenters. The fraction of sp³-hybridized carbons (Fsp3) is 0.467. The highest BCUT2D eigenvalue weighted by molar-refractivity contribution is 5.94. The minimum atomic E-state index is -0.0279. The Hall–Kier alpha value is -2.48. The average molecular weight is 317 g/mol. The number of amides is 1. The van der Waals surface area contributed by atoms with Crippen molar-refractivity contribution in [2.24, 2.45) is 0 Å². The Labute approximate surface area is 134 Å². The maximum atomic E-state index is 12.5. The molecule has 0 radical (unpaired) electrons. The predicted octanol–water partition coefficient (Wildman–Crippen LogP) is 0.915. The summed E-state index contributed by atoms with van der Waals surface area (Å²) in [5, 5.41) is 8.18. The van der Waals surface area contributed by atoms with Gasteiger partial charge in [-0.2, -0.15) is 0 Å². The zero-order valence-corrected chi connectivity index (χ0v) is 13.2. The van der Waals surface area contributed by atoms with E-state index in [9.17, 15) is 4.79 Å². The molecule has 0 N–H and O–H groups in total. The van der Waals surface area contributed by atoms with E-state index in [4.69, 9.17) is 9.47 Å². The fourth-order valence-electron chi connectivity index (χ4n) is 2.66. The molecule has 1 aliphatic heterocycles. The second-order valence-corrected chi connectivity index (χ2v) is 5.41. The fourth-order valence-corrected chi connectivity index (χ4v) is 2.66. The van der Waals surface area contributed by atoms with Gasteiger partial charge in [0.15, 0.2) is 0 Å². The van der Waals surface area contributed by atoms with E-state index < -0.39 is 0 Å². The number of ether oxygens (including phenoxy) is 2. The van der Waals surface area contributed by atoms with Crippen molar-refractivity contribution in [3.05, 3.63) is 35.8 Å². The third kappa shape index (κ3) is 3.31. The van der Waals surface area contributed by atoms with Crippen molar-refractivity contribution in [3.63, 3.8) is 0 Å². The molecular weight excluding hydrogens is 298 g/mol. The van der Waals surface area contributed by atoms with Crippen LogP contribution < -0.4 is 4.74 Å². The molecule has 0 bridgehead atoms. The van der Waals surface area contributed by atoms with Gasteiger partial charge in [-0.3, -0.25) is 4.79 Å². The molecule has 2 aromatic rings. The van der Waals surface area contributed by atoms with Crippen molar-refractivity contribution in [1.29, 1.82) is 0 Å². The largest absolute Gasteiger partial charge is 0.481 e. The Morgan fingerprint density at radius 3 is 2.96 bits per heavy atom. The Bertz CT molecular complexity index is 670. The molecule has 3 heterocycles. The van der Waals surface area contributed by atoms with Crippen LogP contribution in [0.2, 0.25) is 0 Å². The van der Waals surface area contributed by atoms with Crippen molar-refractivity contribution in [3.8, 4) is 5.88 Å². The maximum Gasteiger partial charge on any atom is 0.255 e. The molecule has 23 heavy (non-hydrogen) atoms. The minimum absolute atomic E-state index is 0.0279. The summed E-state index contributed by atoms with van der Waals surface area (Å²) in [7, 11) is 3.17. The van der Waals surface area contributed by atoms with E-state index in [1.807, 2.05) is 15.8 Å². The number of nitrogens with zero attached hydrogens (tertiary/aromatic N) is 5. The first kappa shape index (κ1) is 15.4. The van der Waals surface area contributed by atoms with Gasteiger partial charge in [0, 0.05) is 32.5 Å². The van der Waals surface area contributed by atoms with Crippen LogP contribution in [-0.2, 0) is 11.3 Å². The van der Waals surface area contributed by atoms with E-state index in [1.165, 1.54) is 0 Å². The summed E-state index contributed by atoms with van der Waals surface area (Å²) in [6, 6.07) is 3.56. The van der Waals surface area contributed by atoms with Crippen LogP contribution in [0, 0.1) is 0 Å². The molecule has 8 heteroatoms. The molecule has 8 nitrogen and oxygen atoms in total. The molecule has 2 aromatic heterocycles. The second-order valence-electron chi connectivity index (χ2n) is 5.41. The Morgan fingerprint density at radius 1 is 1.39 bits per heavy atom. The van der Waals surface area contributed by atoms with E-state index in [2.05, 4.69) is 15.3 Å². The number of pyridine rings is 1. The molecule has 1 atom stereocenters. The highest BCUT2D eigenvalue weighted by Crippen LogP contribution is 2.22. The van der Waals surface area contributed by atoms with E-state index in [0.29, 0.717) is 31.1 Å². The van der Waals surface area contributed by atoms with Crippen molar-refractivity contribution >= 4 is 5.91 Å². The van der Waals surface area contributed by atoms with Crippen molar-refractivity contribution in [2.75, 3.05) is 27.3 Å². The first-order valence-electron chi connectivity index (χ1n) is 7.40. The van der Waals surface area contributed by atoms with Crippen molar-refractivity contribution < 1.29 is 14.3 Å². The quantitative estimate of drug-likeness (QED) is 0.815. The highest BCUT2D eigenvalue weighted by atomic mass is 16.5. The molecule has 0 saturated carbocycles. The van der Waals surface area contributed by atoms with E-state index in [0.717, 1.165) is 12.1 Å². The number of rotatable bonds is 5. The van der Waals surface area contributed by atoms with Crippen LogP contribution >= 0.6 is 0 Å². The lowest BCUT2D eigenvalue weighted by molar-refractivity contribution is 0.0786. The lowest BCUT2D eigenvalue weighted by Crippen LogP contribution is -2.29. The summed E-state index contributed by atoms with van der Waals surface area (Å²) in [6.07, 6.45) is 4.27. The molecule has 3 rings (SSSR count). The Balaban J connectivity index is 1.64. The number of methoxy groups -OCH3 is 2. The van der Waals surface area contributed by atoms with Crippen LogP contribution in [0.3, 0.4) is 0 Å². The molecular formula is C15H19N5O3. The summed E-state index contributed by atoms with van der Waals surface area (Å²) in [5.41, 5.74) is 1.35. The van der Waals surface area contributed by atoms with Gasteiger partial charge in [0.05, 0.1) is 31.5 Å². The van der Waals surface area contributed by atoms with Crippen LogP contribution in [0.1, 0.15) is 28.5 Å². The average Bonchev–Trinajstić information content (AvgIpc) is 3.24. The van der Waals surface area contributed by atoms with Gasteiger partial charge >= 0.3 is 0 Å². The van der Waals surface area contributed by atoms with Crippen LogP contribution in [-0.4, -0.2) is 58.1 Å². The smallest absolute Gasteiger partial charge is 0.255 e. The molecule has 0 spiro atoms. The standard InChI is InChI=1S/C15H19N5O3/c1-22-10-12-8-20(18-17-12)13-5-6-19(9-13)15(21)11-3-4-14(23-2)16-7-11/h3-4,7-8,13H,5-6,9-10H2,1-2H3. The first-order chi connectivity index (χ1) is 11.2. The molecule has 1 amide bonds. The lowest BCUT2D eigenvalue weighted by Gasteiger charge is -2.16. The normalized spacial score (nSPS) is 17.5. The number of likely N-dealkylation sites (tertiary alicyclic amines) is 1. The zero-order valence-electron chi connectivity index (χ0n) is 13.2. The van der Waals surface area contributed by atoms with E-state index >= 15 is 0 Å². The third-order valence-corrected chi connectivity index (χ3v) is 3.87. The van der Waals surface area contributed by atoms with Gasteiger partial charge < -0.3 is 14.4 Å². The second kappa shape index (κ2) is 6.74. The number of carbonyl (C=O) groups is 1. The van der Waals surface area contributed by atoms with Crippen LogP contribution in [0.15, 0.2) is 24.5 Å². The molecule has 1 fully saturated rings. The molecule has 1 aliphatic rings. The van der Waals surface area contributed by atoms with Gasteiger partial charge in [-0.1, -0.05) is 5.21 Å². The van der Waals surface area contributed by atoms with E-state index in [1.54, 1.807) is 32.5 Å². The Morgan fingerprint density at radius 2 is 2.26 bits per heavy atom. The SMILES string of the molecule is COCc1cn(C2CCN(C(=O)c3ccc(OC)nc3)C2)nn1. The topological polar surface area (TPSA) is 82.4 Å². The monoisotopic (exact) mass is 317 g/mol. The van der Waals surface area contributed by atoms with Crippen LogP contribution in [0.5, 0.6) is 5.88 Å².